The van der Waals surface area contributed by atoms with Crippen molar-refractivity contribution in [3.8, 4) is 0 Å². The van der Waals surface area contributed by atoms with Crippen molar-refractivity contribution in [3.05, 3.63) is 0 Å². The lowest BCUT2D eigenvalue weighted by Crippen LogP contribution is -2.19. The Hall–Kier alpha value is -2.29. The molecule has 0 aliphatic carbocycles. The zero-order valence-corrected chi connectivity index (χ0v) is 35.0. The van der Waals surface area contributed by atoms with Crippen LogP contribution in [0, 0.1) is 0 Å². The summed E-state index contributed by atoms with van der Waals surface area (Å²) in [6, 6.07) is 0. The van der Waals surface area contributed by atoms with Crippen LogP contribution in [0.15, 0.2) is 0 Å². The van der Waals surface area contributed by atoms with Crippen LogP contribution in [-0.2, 0) is 14.3 Å². The van der Waals surface area contributed by atoms with Gasteiger partial charge in [-0.25, -0.2) is 0 Å². The van der Waals surface area contributed by atoms with Crippen LogP contribution in [0.25, 0.3) is 0 Å². The van der Waals surface area contributed by atoms with Gasteiger partial charge in [-0.2, -0.15) is 15.0 Å². The lowest BCUT2D eigenvalue weighted by molar-refractivity contribution is -0.117. The van der Waals surface area contributed by atoms with E-state index in [2.05, 4.69) is 51.7 Å². The van der Waals surface area contributed by atoms with Crippen LogP contribution in [0.2, 0.25) is 0 Å². The summed E-state index contributed by atoms with van der Waals surface area (Å²) in [5, 5.41) is 8.95. The maximum atomic E-state index is 12.8. The van der Waals surface area contributed by atoms with Crippen LogP contribution in [0.3, 0.4) is 0 Å². The zero-order valence-electron chi connectivity index (χ0n) is 35.0. The summed E-state index contributed by atoms with van der Waals surface area (Å²) in [6.07, 6.45) is 39.3. The molecule has 0 fully saturated rings. The predicted molar refractivity (Wildman–Crippen MR) is 226 cm³/mol. The molecule has 1 heterocycles. The highest BCUT2D eigenvalue weighted by Crippen LogP contribution is 2.16. The lowest BCUT2D eigenvalue weighted by Gasteiger charge is -2.11. The molecule has 0 saturated heterocycles. The number of unbranched alkanes of at least 4 members (excludes halogenated alkanes) is 27. The Morgan fingerprint density at radius 3 is 1.08 bits per heavy atom. The van der Waals surface area contributed by atoms with Gasteiger partial charge in [-0.15, -0.1) is 0 Å². The Balaban J connectivity index is 2.43. The summed E-state index contributed by atoms with van der Waals surface area (Å²) < 4.78 is 5.87. The standard InChI is InChI=1S/C44H84N6O3/c1-4-7-10-13-16-19-22-25-28-31-35-40(51)46-43-48-42(45-37-34-39-53-38-33-30-27-24-21-18-15-12-9-6-3)49-44(50-43)47-41(52)36-32-29-26-23-20-17-14-11-8-5-2/h4-39H2,1-3H3,(H3,45,46,47,48,49,50,51,52). The third-order valence-corrected chi connectivity index (χ3v) is 10.0. The van der Waals surface area contributed by atoms with Gasteiger partial charge in [0.25, 0.3) is 0 Å². The van der Waals surface area contributed by atoms with Gasteiger partial charge in [0.1, 0.15) is 0 Å². The van der Waals surface area contributed by atoms with Gasteiger partial charge in [-0.3, -0.25) is 20.2 Å². The fraction of sp³-hybridized carbons (Fsp3) is 0.886. The average molecular weight is 745 g/mol. The Bertz CT molecular complexity index is 922. The van der Waals surface area contributed by atoms with E-state index in [1.165, 1.54) is 161 Å². The fourth-order valence-electron chi connectivity index (χ4n) is 6.66. The van der Waals surface area contributed by atoms with E-state index < -0.39 is 0 Å². The number of amides is 2. The first-order valence-corrected chi connectivity index (χ1v) is 22.8. The number of ether oxygens (including phenoxy) is 1. The van der Waals surface area contributed by atoms with Gasteiger partial charge >= 0.3 is 0 Å². The highest BCUT2D eigenvalue weighted by atomic mass is 16.5. The van der Waals surface area contributed by atoms with Crippen molar-refractivity contribution >= 4 is 29.7 Å². The van der Waals surface area contributed by atoms with E-state index in [0.29, 0.717) is 31.9 Å². The highest BCUT2D eigenvalue weighted by molar-refractivity contribution is 5.91. The van der Waals surface area contributed by atoms with Gasteiger partial charge < -0.3 is 10.1 Å². The molecule has 1 aromatic heterocycles. The number of aromatic nitrogens is 3. The van der Waals surface area contributed by atoms with Gasteiger partial charge in [0, 0.05) is 32.6 Å². The number of nitrogens with one attached hydrogen (secondary N) is 3. The molecule has 53 heavy (non-hydrogen) atoms. The number of rotatable bonds is 40. The molecule has 0 spiro atoms. The summed E-state index contributed by atoms with van der Waals surface area (Å²) in [5.74, 6) is 0.477. The SMILES string of the molecule is CCCCCCCCCCCCOCCCNc1nc(NC(=O)CCCCCCCCCCCC)nc(NC(=O)CCCCCCCCCCCC)n1. The van der Waals surface area contributed by atoms with Crippen LogP contribution in [0.1, 0.15) is 233 Å². The summed E-state index contributed by atoms with van der Waals surface area (Å²) in [7, 11) is 0. The normalized spacial score (nSPS) is 11.2. The molecule has 0 atom stereocenters. The highest BCUT2D eigenvalue weighted by Gasteiger charge is 2.12. The molecule has 0 unspecified atom stereocenters. The quantitative estimate of drug-likeness (QED) is 0.0572. The number of carbonyl (C=O) groups is 2. The second-order valence-corrected chi connectivity index (χ2v) is 15.3. The molecule has 2 amide bonds. The molecule has 0 saturated carbocycles. The summed E-state index contributed by atoms with van der Waals surface area (Å²) in [4.78, 5) is 38.8. The topological polar surface area (TPSA) is 118 Å². The van der Waals surface area contributed by atoms with Crippen molar-refractivity contribution in [2.75, 3.05) is 35.7 Å². The Labute approximate surface area is 326 Å². The predicted octanol–water partition coefficient (Wildman–Crippen LogP) is 13.1. The maximum Gasteiger partial charge on any atom is 0.236 e. The van der Waals surface area contributed by atoms with E-state index in [-0.39, 0.29) is 23.7 Å². The van der Waals surface area contributed by atoms with Crippen molar-refractivity contribution in [1.29, 1.82) is 0 Å². The number of carbonyl (C=O) groups excluding carboxylic acids is 2. The van der Waals surface area contributed by atoms with Gasteiger partial charge in [0.15, 0.2) is 0 Å². The Morgan fingerprint density at radius 1 is 0.396 bits per heavy atom. The van der Waals surface area contributed by atoms with Crippen LogP contribution in [-0.4, -0.2) is 46.5 Å². The average Bonchev–Trinajstić information content (AvgIpc) is 3.14. The second kappa shape index (κ2) is 38.0. The molecule has 1 rings (SSSR count). The van der Waals surface area contributed by atoms with Gasteiger partial charge in [0.05, 0.1) is 0 Å². The van der Waals surface area contributed by atoms with Crippen molar-refractivity contribution in [2.45, 2.75) is 233 Å². The molecule has 3 N–H and O–H groups in total. The van der Waals surface area contributed by atoms with Crippen molar-refractivity contribution in [2.24, 2.45) is 0 Å². The summed E-state index contributed by atoms with van der Waals surface area (Å²) in [6.45, 7) is 8.86. The third-order valence-electron chi connectivity index (χ3n) is 10.0. The Morgan fingerprint density at radius 2 is 0.698 bits per heavy atom. The molecule has 0 aromatic carbocycles. The third kappa shape index (κ3) is 32.8. The van der Waals surface area contributed by atoms with E-state index in [9.17, 15) is 9.59 Å². The number of hydrogen-bond donors (Lipinski definition) is 3. The number of anilines is 3. The molecule has 0 aliphatic heterocycles. The number of nitrogens with zero attached hydrogens (tertiary/aromatic N) is 3. The summed E-state index contributed by atoms with van der Waals surface area (Å²) in [5.41, 5.74) is 0. The Kier molecular flexibility index (Phi) is 34.9. The van der Waals surface area contributed by atoms with Gasteiger partial charge in [-0.1, -0.05) is 194 Å². The largest absolute Gasteiger partial charge is 0.381 e. The van der Waals surface area contributed by atoms with Crippen LogP contribution in [0.4, 0.5) is 17.8 Å². The first-order valence-electron chi connectivity index (χ1n) is 22.8. The smallest absolute Gasteiger partial charge is 0.236 e. The van der Waals surface area contributed by atoms with E-state index in [0.717, 1.165) is 45.1 Å². The van der Waals surface area contributed by atoms with E-state index in [1.807, 2.05) is 0 Å². The van der Waals surface area contributed by atoms with Crippen LogP contribution >= 0.6 is 0 Å². The minimum atomic E-state index is -0.107. The molecular weight excluding hydrogens is 661 g/mol. The molecular formula is C44H84N6O3. The second-order valence-electron chi connectivity index (χ2n) is 15.3. The minimum Gasteiger partial charge on any atom is -0.381 e. The number of hydrogen-bond acceptors (Lipinski definition) is 7. The van der Waals surface area contributed by atoms with Crippen molar-refractivity contribution in [3.63, 3.8) is 0 Å². The molecule has 1 aromatic rings. The lowest BCUT2D eigenvalue weighted by atomic mass is 10.1. The summed E-state index contributed by atoms with van der Waals surface area (Å²) >= 11 is 0. The van der Waals surface area contributed by atoms with Crippen molar-refractivity contribution < 1.29 is 14.3 Å². The van der Waals surface area contributed by atoms with E-state index in [4.69, 9.17) is 4.74 Å². The van der Waals surface area contributed by atoms with Crippen LogP contribution < -0.4 is 16.0 Å². The van der Waals surface area contributed by atoms with E-state index >= 15 is 0 Å². The van der Waals surface area contributed by atoms with E-state index in [1.54, 1.807) is 0 Å². The molecule has 0 bridgehead atoms. The molecule has 9 heteroatoms. The monoisotopic (exact) mass is 745 g/mol. The first kappa shape index (κ1) is 48.7. The fourth-order valence-corrected chi connectivity index (χ4v) is 6.66. The molecule has 0 aliphatic rings. The molecule has 0 radical (unpaired) electrons. The molecule has 9 nitrogen and oxygen atoms in total. The zero-order chi connectivity index (χ0) is 38.3. The minimum absolute atomic E-state index is 0.107. The molecule has 308 valence electrons. The van der Waals surface area contributed by atoms with Gasteiger partial charge in [-0.05, 0) is 25.7 Å². The first-order chi connectivity index (χ1) is 26.1. The van der Waals surface area contributed by atoms with Crippen molar-refractivity contribution in [1.82, 2.24) is 15.0 Å². The van der Waals surface area contributed by atoms with Gasteiger partial charge in [0.2, 0.25) is 29.7 Å². The maximum absolute atomic E-state index is 12.8. The van der Waals surface area contributed by atoms with Crippen LogP contribution in [0.5, 0.6) is 0 Å².